The number of thioether (sulfide) groups is 1. The van der Waals surface area contributed by atoms with Gasteiger partial charge in [0.25, 0.3) is 0 Å². The van der Waals surface area contributed by atoms with Crippen LogP contribution in [-0.4, -0.2) is 30.7 Å². The molecule has 1 aliphatic heterocycles. The lowest BCUT2D eigenvalue weighted by Crippen LogP contribution is -2.36. The Morgan fingerprint density at radius 2 is 2.11 bits per heavy atom. The zero-order valence-corrected chi connectivity index (χ0v) is 13.8. The lowest BCUT2D eigenvalue weighted by atomic mass is 10.0. The Bertz CT molecular complexity index is 371. The Hall–Kier alpha value is -0.190. The molecule has 0 amide bonds. The van der Waals surface area contributed by atoms with E-state index in [2.05, 4.69) is 39.9 Å². The molecule has 0 aromatic heterocycles. The lowest BCUT2D eigenvalue weighted by Gasteiger charge is -2.20. The van der Waals surface area contributed by atoms with Crippen LogP contribution in [0.25, 0.3) is 0 Å². The van der Waals surface area contributed by atoms with Crippen LogP contribution < -0.4 is 10.1 Å². The summed E-state index contributed by atoms with van der Waals surface area (Å²) in [6, 6.07) is 8.75. The SMILES string of the molecule is CCCNC1CSCC1CCOc1ccc(Br)cc1. The number of hydrogen-bond donors (Lipinski definition) is 1. The molecule has 0 bridgehead atoms. The molecule has 1 fully saturated rings. The number of halogens is 1. The molecule has 0 saturated carbocycles. The second-order valence-electron chi connectivity index (χ2n) is 4.95. The van der Waals surface area contributed by atoms with Crippen LogP contribution >= 0.6 is 27.7 Å². The quantitative estimate of drug-likeness (QED) is 0.809. The van der Waals surface area contributed by atoms with Crippen LogP contribution in [0.5, 0.6) is 5.75 Å². The van der Waals surface area contributed by atoms with E-state index in [0.29, 0.717) is 6.04 Å². The molecule has 1 heterocycles. The lowest BCUT2D eigenvalue weighted by molar-refractivity contribution is 0.268. The molecule has 2 unspecified atom stereocenters. The third-order valence-electron chi connectivity index (χ3n) is 3.43. The van der Waals surface area contributed by atoms with Crippen molar-refractivity contribution < 1.29 is 4.74 Å². The van der Waals surface area contributed by atoms with Crippen LogP contribution in [-0.2, 0) is 0 Å². The number of benzene rings is 1. The minimum Gasteiger partial charge on any atom is -0.494 e. The van der Waals surface area contributed by atoms with Gasteiger partial charge in [-0.1, -0.05) is 22.9 Å². The first-order chi connectivity index (χ1) is 9.29. The average Bonchev–Trinajstić information content (AvgIpc) is 2.86. The molecular formula is C15H22BrNOS. The van der Waals surface area contributed by atoms with Gasteiger partial charge in [0.2, 0.25) is 0 Å². The minimum atomic E-state index is 0.679. The monoisotopic (exact) mass is 343 g/mol. The third-order valence-corrected chi connectivity index (χ3v) is 5.21. The van der Waals surface area contributed by atoms with Gasteiger partial charge in [0, 0.05) is 16.3 Å². The molecule has 1 aromatic rings. The fourth-order valence-electron chi connectivity index (χ4n) is 2.30. The van der Waals surface area contributed by atoms with E-state index in [9.17, 15) is 0 Å². The molecule has 0 aliphatic carbocycles. The average molecular weight is 344 g/mol. The largest absolute Gasteiger partial charge is 0.494 e. The Balaban J connectivity index is 1.71. The van der Waals surface area contributed by atoms with E-state index in [1.54, 1.807) is 0 Å². The minimum absolute atomic E-state index is 0.679. The summed E-state index contributed by atoms with van der Waals surface area (Å²) in [7, 11) is 0. The summed E-state index contributed by atoms with van der Waals surface area (Å²) in [5.74, 6) is 4.24. The number of ether oxygens (including phenoxy) is 1. The van der Waals surface area contributed by atoms with Crippen LogP contribution in [0.15, 0.2) is 28.7 Å². The Morgan fingerprint density at radius 1 is 1.32 bits per heavy atom. The van der Waals surface area contributed by atoms with Gasteiger partial charge in [-0.15, -0.1) is 0 Å². The molecule has 2 atom stereocenters. The highest BCUT2D eigenvalue weighted by Gasteiger charge is 2.26. The van der Waals surface area contributed by atoms with Gasteiger partial charge in [-0.25, -0.2) is 0 Å². The molecule has 0 spiro atoms. The maximum Gasteiger partial charge on any atom is 0.119 e. The summed E-state index contributed by atoms with van der Waals surface area (Å²) in [6.45, 7) is 4.17. The van der Waals surface area contributed by atoms with Gasteiger partial charge in [0.15, 0.2) is 0 Å². The summed E-state index contributed by atoms with van der Waals surface area (Å²) in [4.78, 5) is 0. The standard InChI is InChI=1S/C15H22BrNOS/c1-2-8-17-15-11-19-10-12(15)7-9-18-14-5-3-13(16)4-6-14/h3-6,12,15,17H,2,7-11H2,1H3. The van der Waals surface area contributed by atoms with Gasteiger partial charge >= 0.3 is 0 Å². The number of hydrogen-bond acceptors (Lipinski definition) is 3. The smallest absolute Gasteiger partial charge is 0.119 e. The molecular weight excluding hydrogens is 322 g/mol. The fourth-order valence-corrected chi connectivity index (χ4v) is 4.04. The van der Waals surface area contributed by atoms with Crippen LogP contribution in [0.1, 0.15) is 19.8 Å². The fraction of sp³-hybridized carbons (Fsp3) is 0.600. The van der Waals surface area contributed by atoms with Crippen LogP contribution in [0, 0.1) is 5.92 Å². The molecule has 0 radical (unpaired) electrons. The Kier molecular flexibility index (Phi) is 6.54. The predicted molar refractivity (Wildman–Crippen MR) is 87.2 cm³/mol. The van der Waals surface area contributed by atoms with Gasteiger partial charge in [0.05, 0.1) is 6.61 Å². The third kappa shape index (κ3) is 5.01. The summed E-state index contributed by atoms with van der Waals surface area (Å²) < 4.78 is 6.91. The first kappa shape index (κ1) is 15.2. The topological polar surface area (TPSA) is 21.3 Å². The highest BCUT2D eigenvalue weighted by atomic mass is 79.9. The van der Waals surface area contributed by atoms with Gasteiger partial charge in [-0.3, -0.25) is 0 Å². The van der Waals surface area contributed by atoms with Crippen molar-refractivity contribution in [3.63, 3.8) is 0 Å². The van der Waals surface area contributed by atoms with Crippen molar-refractivity contribution in [2.45, 2.75) is 25.8 Å². The predicted octanol–water partition coefficient (Wildman–Crippen LogP) is 3.95. The highest BCUT2D eigenvalue weighted by Crippen LogP contribution is 2.27. The maximum atomic E-state index is 5.82. The molecule has 106 valence electrons. The molecule has 1 aliphatic rings. The molecule has 1 saturated heterocycles. The van der Waals surface area contributed by atoms with Crippen molar-refractivity contribution >= 4 is 27.7 Å². The molecule has 4 heteroatoms. The Morgan fingerprint density at radius 3 is 2.84 bits per heavy atom. The van der Waals surface area contributed by atoms with Crippen LogP contribution in [0.2, 0.25) is 0 Å². The van der Waals surface area contributed by atoms with E-state index in [-0.39, 0.29) is 0 Å². The van der Waals surface area contributed by atoms with Crippen LogP contribution in [0.3, 0.4) is 0 Å². The van der Waals surface area contributed by atoms with Gasteiger partial charge < -0.3 is 10.1 Å². The first-order valence-corrected chi connectivity index (χ1v) is 8.94. The summed E-state index contributed by atoms with van der Waals surface area (Å²) in [5.41, 5.74) is 0. The molecule has 2 rings (SSSR count). The second kappa shape index (κ2) is 8.18. The molecule has 1 aromatic carbocycles. The van der Waals surface area contributed by atoms with E-state index in [1.165, 1.54) is 17.9 Å². The summed E-state index contributed by atoms with van der Waals surface area (Å²) in [6.07, 6.45) is 2.35. The van der Waals surface area contributed by atoms with Crippen molar-refractivity contribution in [3.8, 4) is 5.75 Å². The summed E-state index contributed by atoms with van der Waals surface area (Å²) in [5, 5.41) is 3.65. The number of nitrogens with one attached hydrogen (secondary N) is 1. The molecule has 1 N–H and O–H groups in total. The van der Waals surface area contributed by atoms with E-state index in [1.807, 2.05) is 24.3 Å². The van der Waals surface area contributed by atoms with Crippen LogP contribution in [0.4, 0.5) is 0 Å². The second-order valence-corrected chi connectivity index (χ2v) is 6.94. The highest BCUT2D eigenvalue weighted by molar-refractivity contribution is 9.10. The zero-order chi connectivity index (χ0) is 13.5. The van der Waals surface area contributed by atoms with Gasteiger partial charge in [-0.2, -0.15) is 11.8 Å². The van der Waals surface area contributed by atoms with Gasteiger partial charge in [-0.05, 0) is 55.3 Å². The van der Waals surface area contributed by atoms with Crippen molar-refractivity contribution in [1.82, 2.24) is 5.32 Å². The van der Waals surface area contributed by atoms with Gasteiger partial charge in [0.1, 0.15) is 5.75 Å². The molecule has 19 heavy (non-hydrogen) atoms. The summed E-state index contributed by atoms with van der Waals surface area (Å²) >= 11 is 5.50. The van der Waals surface area contributed by atoms with E-state index >= 15 is 0 Å². The van der Waals surface area contributed by atoms with E-state index < -0.39 is 0 Å². The Labute approximate surface area is 128 Å². The molecule has 2 nitrogen and oxygen atoms in total. The maximum absolute atomic E-state index is 5.82. The van der Waals surface area contributed by atoms with Crippen molar-refractivity contribution in [3.05, 3.63) is 28.7 Å². The van der Waals surface area contributed by atoms with Crippen molar-refractivity contribution in [2.24, 2.45) is 5.92 Å². The van der Waals surface area contributed by atoms with Crippen molar-refractivity contribution in [2.75, 3.05) is 24.7 Å². The van der Waals surface area contributed by atoms with Crippen molar-refractivity contribution in [1.29, 1.82) is 0 Å². The normalized spacial score (nSPS) is 22.6. The van der Waals surface area contributed by atoms with E-state index in [4.69, 9.17) is 4.74 Å². The first-order valence-electron chi connectivity index (χ1n) is 6.99. The zero-order valence-electron chi connectivity index (χ0n) is 11.4. The van der Waals surface area contributed by atoms with E-state index in [0.717, 1.165) is 35.7 Å². The number of rotatable bonds is 7.